The maximum absolute atomic E-state index is 12.3. The average Bonchev–Trinajstić information content (AvgIpc) is 3.12. The predicted molar refractivity (Wildman–Crippen MR) is 116 cm³/mol. The van der Waals surface area contributed by atoms with E-state index in [2.05, 4.69) is 27.6 Å². The Morgan fingerprint density at radius 1 is 1.17 bits per heavy atom. The molecule has 1 atom stereocenters. The number of carbonyl (C=O) groups excluding carboxylic acids is 1. The molecule has 7 heteroatoms. The van der Waals surface area contributed by atoms with E-state index in [4.69, 9.17) is 4.74 Å². The standard InChI is InChI=1S/C22H26N4O2S/c1-16(12-13-17-8-5-4-6-9-17)23-20(27)15-29-22-25-24-21(26(22)2)18-10-7-11-19(14-18)28-3/h4-11,14,16H,12-13,15H2,1-3H3,(H,23,27). The molecule has 0 radical (unpaired) electrons. The lowest BCUT2D eigenvalue weighted by Gasteiger charge is -2.13. The Morgan fingerprint density at radius 2 is 1.97 bits per heavy atom. The Labute approximate surface area is 175 Å². The highest BCUT2D eigenvalue weighted by Crippen LogP contribution is 2.25. The fourth-order valence-corrected chi connectivity index (χ4v) is 3.72. The Hall–Kier alpha value is -2.80. The molecule has 0 saturated carbocycles. The van der Waals surface area contributed by atoms with E-state index in [-0.39, 0.29) is 11.9 Å². The third-order valence-corrected chi connectivity index (χ3v) is 5.63. The van der Waals surface area contributed by atoms with Crippen molar-refractivity contribution >= 4 is 17.7 Å². The minimum absolute atomic E-state index is 0.00138. The van der Waals surface area contributed by atoms with Gasteiger partial charge >= 0.3 is 0 Å². The van der Waals surface area contributed by atoms with Crippen molar-refractivity contribution in [3.63, 3.8) is 0 Å². The summed E-state index contributed by atoms with van der Waals surface area (Å²) in [6.45, 7) is 2.04. The summed E-state index contributed by atoms with van der Waals surface area (Å²) >= 11 is 1.38. The Kier molecular flexibility index (Phi) is 7.30. The molecule has 3 aromatic rings. The number of methoxy groups -OCH3 is 1. The van der Waals surface area contributed by atoms with Crippen LogP contribution in [-0.4, -0.2) is 39.6 Å². The number of rotatable bonds is 9. The molecular formula is C22H26N4O2S. The molecule has 0 spiro atoms. The zero-order valence-corrected chi connectivity index (χ0v) is 17.8. The van der Waals surface area contributed by atoms with Crippen molar-refractivity contribution in [2.75, 3.05) is 12.9 Å². The SMILES string of the molecule is COc1cccc(-c2nnc(SCC(=O)NC(C)CCc3ccccc3)n2C)c1. The van der Waals surface area contributed by atoms with Crippen molar-refractivity contribution in [3.05, 3.63) is 60.2 Å². The van der Waals surface area contributed by atoms with Gasteiger partial charge in [-0.2, -0.15) is 0 Å². The van der Waals surface area contributed by atoms with Gasteiger partial charge in [-0.3, -0.25) is 4.79 Å². The number of nitrogens with zero attached hydrogens (tertiary/aromatic N) is 3. The summed E-state index contributed by atoms with van der Waals surface area (Å²) < 4.78 is 7.17. The zero-order valence-electron chi connectivity index (χ0n) is 17.0. The number of nitrogens with one attached hydrogen (secondary N) is 1. The molecule has 0 aliphatic carbocycles. The largest absolute Gasteiger partial charge is 0.497 e. The smallest absolute Gasteiger partial charge is 0.230 e. The number of amides is 1. The lowest BCUT2D eigenvalue weighted by Crippen LogP contribution is -2.34. The highest BCUT2D eigenvalue weighted by molar-refractivity contribution is 7.99. The highest BCUT2D eigenvalue weighted by atomic mass is 32.2. The van der Waals surface area contributed by atoms with Crippen LogP contribution in [0.15, 0.2) is 59.8 Å². The summed E-state index contributed by atoms with van der Waals surface area (Å²) in [7, 11) is 3.54. The number of benzene rings is 2. The third-order valence-electron chi connectivity index (χ3n) is 4.61. The van der Waals surface area contributed by atoms with Gasteiger partial charge in [0.2, 0.25) is 5.91 Å². The Bertz CT molecular complexity index is 943. The van der Waals surface area contributed by atoms with Gasteiger partial charge in [0.15, 0.2) is 11.0 Å². The molecule has 1 aromatic heterocycles. The van der Waals surface area contributed by atoms with Gasteiger partial charge in [-0.25, -0.2) is 0 Å². The summed E-state index contributed by atoms with van der Waals surface area (Å²) in [6.07, 6.45) is 1.85. The van der Waals surface area contributed by atoms with Crippen molar-refractivity contribution in [1.29, 1.82) is 0 Å². The number of carbonyl (C=O) groups is 1. The molecule has 1 amide bonds. The summed E-state index contributed by atoms with van der Waals surface area (Å²) in [6, 6.07) is 18.1. The van der Waals surface area contributed by atoms with Crippen LogP contribution >= 0.6 is 11.8 Å². The Balaban J connectivity index is 1.50. The number of aromatic nitrogens is 3. The summed E-state index contributed by atoms with van der Waals surface area (Å²) in [5.74, 6) is 1.81. The minimum atomic E-state index is 0.00138. The maximum Gasteiger partial charge on any atom is 0.230 e. The molecule has 152 valence electrons. The molecule has 0 aliphatic rings. The molecule has 0 fully saturated rings. The van der Waals surface area contributed by atoms with Crippen LogP contribution in [0.2, 0.25) is 0 Å². The third kappa shape index (κ3) is 5.84. The average molecular weight is 411 g/mol. The highest BCUT2D eigenvalue weighted by Gasteiger charge is 2.14. The molecular weight excluding hydrogens is 384 g/mol. The normalized spacial score (nSPS) is 11.8. The molecule has 3 rings (SSSR count). The van der Waals surface area contributed by atoms with Crippen LogP contribution in [-0.2, 0) is 18.3 Å². The second-order valence-electron chi connectivity index (χ2n) is 6.88. The van der Waals surface area contributed by atoms with Gasteiger partial charge in [0, 0.05) is 18.7 Å². The van der Waals surface area contributed by atoms with E-state index in [1.165, 1.54) is 17.3 Å². The molecule has 6 nitrogen and oxygen atoms in total. The van der Waals surface area contributed by atoms with Crippen LogP contribution in [0.4, 0.5) is 0 Å². The topological polar surface area (TPSA) is 69.0 Å². The fourth-order valence-electron chi connectivity index (χ4n) is 3.00. The zero-order chi connectivity index (χ0) is 20.6. The van der Waals surface area contributed by atoms with Gasteiger partial charge in [0.25, 0.3) is 0 Å². The minimum Gasteiger partial charge on any atom is -0.497 e. The summed E-state index contributed by atoms with van der Waals surface area (Å²) in [5, 5.41) is 12.3. The molecule has 1 heterocycles. The molecule has 29 heavy (non-hydrogen) atoms. The van der Waals surface area contributed by atoms with Crippen molar-refractivity contribution in [3.8, 4) is 17.1 Å². The maximum atomic E-state index is 12.3. The molecule has 0 bridgehead atoms. The lowest BCUT2D eigenvalue weighted by atomic mass is 10.1. The van der Waals surface area contributed by atoms with Crippen LogP contribution in [0, 0.1) is 0 Å². The number of hydrogen-bond acceptors (Lipinski definition) is 5. The quantitative estimate of drug-likeness (QED) is 0.545. The van der Waals surface area contributed by atoms with Crippen molar-refractivity contribution in [1.82, 2.24) is 20.1 Å². The predicted octanol–water partition coefficient (Wildman–Crippen LogP) is 3.72. The number of ether oxygens (including phenoxy) is 1. The number of hydrogen-bond donors (Lipinski definition) is 1. The first-order valence-electron chi connectivity index (χ1n) is 9.56. The van der Waals surface area contributed by atoms with E-state index >= 15 is 0 Å². The number of aryl methyl sites for hydroxylation is 1. The van der Waals surface area contributed by atoms with Crippen LogP contribution in [0.25, 0.3) is 11.4 Å². The van der Waals surface area contributed by atoms with Gasteiger partial charge < -0.3 is 14.6 Å². The van der Waals surface area contributed by atoms with Crippen molar-refractivity contribution in [2.24, 2.45) is 7.05 Å². The van der Waals surface area contributed by atoms with E-state index in [1.807, 2.05) is 61.0 Å². The second-order valence-corrected chi connectivity index (χ2v) is 7.82. The van der Waals surface area contributed by atoms with Gasteiger partial charge in [-0.15, -0.1) is 10.2 Å². The first-order valence-corrected chi connectivity index (χ1v) is 10.5. The number of thioether (sulfide) groups is 1. The molecule has 2 aromatic carbocycles. The first kappa shape index (κ1) is 20.9. The van der Waals surface area contributed by atoms with E-state index in [9.17, 15) is 4.79 Å². The van der Waals surface area contributed by atoms with Gasteiger partial charge in [0.1, 0.15) is 5.75 Å². The van der Waals surface area contributed by atoms with E-state index in [1.54, 1.807) is 7.11 Å². The van der Waals surface area contributed by atoms with Crippen LogP contribution < -0.4 is 10.1 Å². The van der Waals surface area contributed by atoms with Gasteiger partial charge in [-0.1, -0.05) is 54.2 Å². The molecule has 1 N–H and O–H groups in total. The van der Waals surface area contributed by atoms with Gasteiger partial charge in [0.05, 0.1) is 12.9 Å². The molecule has 0 saturated heterocycles. The van der Waals surface area contributed by atoms with Crippen molar-refractivity contribution < 1.29 is 9.53 Å². The second kappa shape index (κ2) is 10.1. The Morgan fingerprint density at radius 3 is 2.72 bits per heavy atom. The fraction of sp³-hybridized carbons (Fsp3) is 0.318. The van der Waals surface area contributed by atoms with Crippen LogP contribution in [0.1, 0.15) is 18.9 Å². The first-order chi connectivity index (χ1) is 14.1. The molecule has 0 aliphatic heterocycles. The molecule has 1 unspecified atom stereocenters. The lowest BCUT2D eigenvalue weighted by molar-refractivity contribution is -0.119. The van der Waals surface area contributed by atoms with E-state index < -0.39 is 0 Å². The summed E-state index contributed by atoms with van der Waals surface area (Å²) in [5.41, 5.74) is 2.21. The monoisotopic (exact) mass is 410 g/mol. The van der Waals surface area contributed by atoms with E-state index in [0.717, 1.165) is 30.0 Å². The van der Waals surface area contributed by atoms with Crippen LogP contribution in [0.3, 0.4) is 0 Å². The summed E-state index contributed by atoms with van der Waals surface area (Å²) in [4.78, 5) is 12.3. The van der Waals surface area contributed by atoms with Crippen LogP contribution in [0.5, 0.6) is 5.75 Å². The van der Waals surface area contributed by atoms with Crippen molar-refractivity contribution in [2.45, 2.75) is 31.0 Å². The van der Waals surface area contributed by atoms with Gasteiger partial charge in [-0.05, 0) is 37.5 Å². The van der Waals surface area contributed by atoms with E-state index in [0.29, 0.717) is 10.9 Å².